The summed E-state index contributed by atoms with van der Waals surface area (Å²) in [5, 5.41) is 0. The number of hydrogen-bond acceptors (Lipinski definition) is 5. The Hall–Kier alpha value is -2.38. The van der Waals surface area contributed by atoms with Crippen LogP contribution in [0.4, 0.5) is 4.79 Å². The van der Waals surface area contributed by atoms with Gasteiger partial charge in [-0.05, 0) is 55.7 Å². The molecule has 1 spiro atoms. The van der Waals surface area contributed by atoms with Crippen LogP contribution >= 0.6 is 0 Å². The normalized spacial score (nSPS) is 23.4. The fourth-order valence-corrected chi connectivity index (χ4v) is 5.34. The summed E-state index contributed by atoms with van der Waals surface area (Å²) in [4.78, 5) is 32.7. The van der Waals surface area contributed by atoms with E-state index in [0.717, 1.165) is 37.4 Å². The van der Waals surface area contributed by atoms with Gasteiger partial charge in [0.15, 0.2) is 0 Å². The van der Waals surface area contributed by atoms with E-state index in [1.165, 1.54) is 17.7 Å². The molecule has 1 atom stereocenters. The lowest BCUT2D eigenvalue weighted by Crippen LogP contribution is -2.57. The van der Waals surface area contributed by atoms with Crippen molar-refractivity contribution in [2.24, 2.45) is 5.92 Å². The van der Waals surface area contributed by atoms with E-state index >= 15 is 0 Å². The Labute approximate surface area is 190 Å². The summed E-state index contributed by atoms with van der Waals surface area (Å²) in [6, 6.07) is 7.35. The number of urea groups is 1. The minimum absolute atomic E-state index is 0.0679. The zero-order chi connectivity index (χ0) is 22.6. The summed E-state index contributed by atoms with van der Waals surface area (Å²) in [6.45, 7) is 3.88. The number of ether oxygens (including phenoxy) is 2. The van der Waals surface area contributed by atoms with Gasteiger partial charge < -0.3 is 19.3 Å². The third kappa shape index (κ3) is 4.55. The molecule has 1 unspecified atom stereocenters. The molecule has 0 N–H and O–H groups in total. The number of rotatable bonds is 8. The first kappa shape index (κ1) is 22.8. The average molecular weight is 442 g/mol. The van der Waals surface area contributed by atoms with Crippen LogP contribution in [0.3, 0.4) is 0 Å². The van der Waals surface area contributed by atoms with Crippen LogP contribution in [-0.2, 0) is 16.1 Å². The molecule has 2 fully saturated rings. The number of likely N-dealkylation sites (tertiary alicyclic amines) is 1. The Kier molecular flexibility index (Phi) is 7.16. The van der Waals surface area contributed by atoms with Crippen molar-refractivity contribution >= 4 is 11.9 Å². The Morgan fingerprint density at radius 1 is 1.12 bits per heavy atom. The molecule has 3 amide bonds. The summed E-state index contributed by atoms with van der Waals surface area (Å²) < 4.78 is 10.6. The highest BCUT2D eigenvalue weighted by molar-refractivity contribution is 6.07. The van der Waals surface area contributed by atoms with E-state index in [1.54, 1.807) is 19.1 Å². The zero-order valence-electron chi connectivity index (χ0n) is 19.3. The molecule has 174 valence electrons. The second-order valence-corrected chi connectivity index (χ2v) is 9.15. The van der Waals surface area contributed by atoms with Gasteiger partial charge in [0, 0.05) is 33.3 Å². The molecule has 32 heavy (non-hydrogen) atoms. The number of imide groups is 1. The Balaban J connectivity index is 1.48. The third-order valence-corrected chi connectivity index (χ3v) is 7.19. The number of methoxy groups -OCH3 is 2. The highest BCUT2D eigenvalue weighted by atomic mass is 16.5. The van der Waals surface area contributed by atoms with E-state index in [4.69, 9.17) is 9.47 Å². The zero-order valence-corrected chi connectivity index (χ0v) is 19.3. The molecule has 7 heteroatoms. The van der Waals surface area contributed by atoms with Gasteiger partial charge in [-0.3, -0.25) is 9.69 Å². The van der Waals surface area contributed by atoms with E-state index in [-0.39, 0.29) is 18.5 Å². The van der Waals surface area contributed by atoms with Crippen LogP contribution in [0.15, 0.2) is 36.4 Å². The van der Waals surface area contributed by atoms with E-state index in [0.29, 0.717) is 31.9 Å². The van der Waals surface area contributed by atoms with Crippen LogP contribution in [0.2, 0.25) is 0 Å². The Bertz CT molecular complexity index is 847. The van der Waals surface area contributed by atoms with Crippen LogP contribution in [0.1, 0.15) is 37.7 Å². The molecule has 7 nitrogen and oxygen atoms in total. The maximum atomic E-state index is 13.7. The van der Waals surface area contributed by atoms with E-state index < -0.39 is 5.54 Å². The Morgan fingerprint density at radius 2 is 1.94 bits per heavy atom. The molecule has 1 aromatic rings. The summed E-state index contributed by atoms with van der Waals surface area (Å²) in [7, 11) is 3.24. The number of piperidine rings is 1. The monoisotopic (exact) mass is 441 g/mol. The van der Waals surface area contributed by atoms with Crippen LogP contribution in [0.5, 0.6) is 5.75 Å². The maximum Gasteiger partial charge on any atom is 0.328 e. The smallest absolute Gasteiger partial charge is 0.328 e. The summed E-state index contributed by atoms with van der Waals surface area (Å²) in [5.74, 6) is 1.35. The van der Waals surface area contributed by atoms with Gasteiger partial charge in [0.1, 0.15) is 11.3 Å². The first-order valence-electron chi connectivity index (χ1n) is 11.7. The van der Waals surface area contributed by atoms with Gasteiger partial charge in [-0.2, -0.15) is 0 Å². The quantitative estimate of drug-likeness (QED) is 0.458. The van der Waals surface area contributed by atoms with Crippen molar-refractivity contribution in [1.82, 2.24) is 14.7 Å². The number of nitrogens with zero attached hydrogens (tertiary/aromatic N) is 3. The lowest BCUT2D eigenvalue weighted by Gasteiger charge is -2.43. The molecule has 0 aromatic heterocycles. The third-order valence-electron chi connectivity index (χ3n) is 7.19. The number of benzene rings is 1. The van der Waals surface area contributed by atoms with Gasteiger partial charge in [0.2, 0.25) is 0 Å². The number of hydrogen-bond donors (Lipinski definition) is 0. The summed E-state index contributed by atoms with van der Waals surface area (Å²) in [5.41, 5.74) is 0.134. The van der Waals surface area contributed by atoms with Gasteiger partial charge in [0.25, 0.3) is 5.91 Å². The highest BCUT2D eigenvalue weighted by Gasteiger charge is 2.57. The van der Waals surface area contributed by atoms with Crippen molar-refractivity contribution in [1.29, 1.82) is 0 Å². The van der Waals surface area contributed by atoms with Gasteiger partial charge in [0.05, 0.1) is 20.3 Å². The highest BCUT2D eigenvalue weighted by Crippen LogP contribution is 2.38. The maximum absolute atomic E-state index is 13.7. The molecular weight excluding hydrogens is 406 g/mol. The van der Waals surface area contributed by atoms with Gasteiger partial charge in [-0.25, -0.2) is 4.79 Å². The summed E-state index contributed by atoms with van der Waals surface area (Å²) in [6.07, 6.45) is 9.48. The molecular formula is C25H35N3O4. The molecule has 2 saturated heterocycles. The van der Waals surface area contributed by atoms with Crippen molar-refractivity contribution < 1.29 is 19.1 Å². The molecule has 0 radical (unpaired) electrons. The molecule has 2 heterocycles. The molecule has 0 bridgehead atoms. The number of carbonyl (C=O) groups is 2. The minimum atomic E-state index is -0.753. The van der Waals surface area contributed by atoms with Crippen molar-refractivity contribution in [2.45, 2.75) is 44.2 Å². The number of amides is 3. The largest absolute Gasteiger partial charge is 0.497 e. The first-order chi connectivity index (χ1) is 15.6. The number of allylic oxidation sites excluding steroid dienone is 2. The molecule has 1 aromatic carbocycles. The van der Waals surface area contributed by atoms with Crippen LogP contribution in [-0.4, -0.2) is 79.2 Å². The van der Waals surface area contributed by atoms with Crippen LogP contribution < -0.4 is 4.74 Å². The Morgan fingerprint density at radius 3 is 2.62 bits per heavy atom. The van der Waals surface area contributed by atoms with E-state index in [2.05, 4.69) is 17.1 Å². The lowest BCUT2D eigenvalue weighted by atomic mass is 9.84. The van der Waals surface area contributed by atoms with Gasteiger partial charge in [-0.15, -0.1) is 0 Å². The summed E-state index contributed by atoms with van der Waals surface area (Å²) >= 11 is 0. The number of carbonyl (C=O) groups excluding carboxylic acids is 2. The second-order valence-electron chi connectivity index (χ2n) is 9.15. The van der Waals surface area contributed by atoms with Crippen LogP contribution in [0.25, 0.3) is 0 Å². The van der Waals surface area contributed by atoms with Gasteiger partial charge in [-0.1, -0.05) is 24.3 Å². The molecule has 3 aliphatic rings. The second kappa shape index (κ2) is 10.0. The predicted molar refractivity (Wildman–Crippen MR) is 122 cm³/mol. The lowest BCUT2D eigenvalue weighted by molar-refractivity contribution is -0.136. The SMILES string of the molecule is COCCN1C(=O)N(Cc2cccc(OC)c2)C(=O)C12CCN(CC1CC=CCC1)CC2. The standard InChI is InChI=1S/C25H35N3O4/c1-31-16-15-28-24(30)27(19-21-9-6-10-22(17-21)32-2)23(29)25(28)11-13-26(14-12-25)18-20-7-4-3-5-8-20/h3-4,6,9-10,17,20H,5,7-8,11-16,18-19H2,1-2H3. The van der Waals surface area contributed by atoms with E-state index in [9.17, 15) is 9.59 Å². The first-order valence-corrected chi connectivity index (χ1v) is 11.7. The minimum Gasteiger partial charge on any atom is -0.497 e. The van der Waals surface area contributed by atoms with Crippen molar-refractivity contribution in [3.05, 3.63) is 42.0 Å². The molecule has 4 rings (SSSR count). The average Bonchev–Trinajstić information content (AvgIpc) is 3.01. The fourth-order valence-electron chi connectivity index (χ4n) is 5.34. The van der Waals surface area contributed by atoms with Gasteiger partial charge >= 0.3 is 6.03 Å². The van der Waals surface area contributed by atoms with Crippen molar-refractivity contribution in [3.8, 4) is 5.75 Å². The topological polar surface area (TPSA) is 62.3 Å². The molecule has 2 aliphatic heterocycles. The van der Waals surface area contributed by atoms with Crippen LogP contribution in [0, 0.1) is 5.92 Å². The molecule has 1 aliphatic carbocycles. The fraction of sp³-hybridized carbons (Fsp3) is 0.600. The van der Waals surface area contributed by atoms with Crippen molar-refractivity contribution in [3.63, 3.8) is 0 Å². The predicted octanol–water partition coefficient (Wildman–Crippen LogP) is 3.30. The van der Waals surface area contributed by atoms with Crippen molar-refractivity contribution in [2.75, 3.05) is 47.0 Å². The van der Waals surface area contributed by atoms with E-state index in [1.807, 2.05) is 24.3 Å². The molecule has 0 saturated carbocycles.